The summed E-state index contributed by atoms with van der Waals surface area (Å²) >= 11 is 3.20. The van der Waals surface area contributed by atoms with E-state index >= 15 is 0 Å². The van der Waals surface area contributed by atoms with Crippen molar-refractivity contribution in [1.29, 1.82) is 0 Å². The molecule has 4 heteroatoms. The maximum atomic E-state index is 13.6. The van der Waals surface area contributed by atoms with Crippen molar-refractivity contribution >= 4 is 15.9 Å². The Morgan fingerprint density at radius 2 is 2.24 bits per heavy atom. The molecule has 0 saturated carbocycles. The van der Waals surface area contributed by atoms with Crippen LogP contribution in [0.2, 0.25) is 0 Å². The minimum absolute atomic E-state index is 0.176. The first kappa shape index (κ1) is 12.8. The van der Waals surface area contributed by atoms with E-state index in [2.05, 4.69) is 35.1 Å². The molecule has 0 aliphatic carbocycles. The molecule has 0 amide bonds. The molecule has 1 aliphatic heterocycles. The zero-order valence-electron chi connectivity index (χ0n) is 10.1. The van der Waals surface area contributed by atoms with E-state index in [1.54, 1.807) is 12.1 Å². The monoisotopic (exact) mass is 301 g/mol. The van der Waals surface area contributed by atoms with Crippen molar-refractivity contribution < 1.29 is 9.13 Å². The Morgan fingerprint density at radius 3 is 2.94 bits per heavy atom. The van der Waals surface area contributed by atoms with Gasteiger partial charge in [0.2, 0.25) is 0 Å². The highest BCUT2D eigenvalue weighted by molar-refractivity contribution is 9.10. The van der Waals surface area contributed by atoms with E-state index in [-0.39, 0.29) is 11.9 Å². The van der Waals surface area contributed by atoms with Gasteiger partial charge in [-0.3, -0.25) is 0 Å². The summed E-state index contributed by atoms with van der Waals surface area (Å²) in [6, 6.07) is 3.85. The Morgan fingerprint density at radius 1 is 1.47 bits per heavy atom. The van der Waals surface area contributed by atoms with E-state index in [1.165, 1.54) is 0 Å². The van der Waals surface area contributed by atoms with Crippen LogP contribution in [0.25, 0.3) is 0 Å². The van der Waals surface area contributed by atoms with Crippen molar-refractivity contribution in [3.63, 3.8) is 0 Å². The van der Waals surface area contributed by atoms with Crippen LogP contribution < -0.4 is 10.1 Å². The molecule has 2 rings (SSSR count). The fourth-order valence-electron chi connectivity index (χ4n) is 2.14. The van der Waals surface area contributed by atoms with Crippen LogP contribution >= 0.6 is 15.9 Å². The molecule has 0 fully saturated rings. The SMILES string of the molecule is CC(C)NC1CCCOc2cc(Br)c(F)cc21. The van der Waals surface area contributed by atoms with Crippen LogP contribution in [0.4, 0.5) is 4.39 Å². The third-order valence-electron chi connectivity index (χ3n) is 2.86. The van der Waals surface area contributed by atoms with Gasteiger partial charge in [0, 0.05) is 17.6 Å². The van der Waals surface area contributed by atoms with Crippen LogP contribution in [-0.4, -0.2) is 12.6 Å². The summed E-state index contributed by atoms with van der Waals surface area (Å²) in [6.45, 7) is 4.89. The van der Waals surface area contributed by atoms with Gasteiger partial charge in [-0.05, 0) is 40.9 Å². The lowest BCUT2D eigenvalue weighted by Gasteiger charge is -2.21. The van der Waals surface area contributed by atoms with Crippen LogP contribution in [0.15, 0.2) is 16.6 Å². The first-order valence-electron chi connectivity index (χ1n) is 5.95. The first-order valence-corrected chi connectivity index (χ1v) is 6.75. The molecule has 17 heavy (non-hydrogen) atoms. The lowest BCUT2D eigenvalue weighted by Crippen LogP contribution is -2.28. The van der Waals surface area contributed by atoms with Crippen molar-refractivity contribution in [2.45, 2.75) is 38.8 Å². The second-order valence-corrected chi connectivity index (χ2v) is 5.52. The summed E-state index contributed by atoms with van der Waals surface area (Å²) in [6.07, 6.45) is 1.96. The molecule has 0 bridgehead atoms. The van der Waals surface area contributed by atoms with Crippen molar-refractivity contribution in [3.05, 3.63) is 28.0 Å². The summed E-state index contributed by atoms with van der Waals surface area (Å²) in [5, 5.41) is 3.46. The lowest BCUT2D eigenvalue weighted by molar-refractivity contribution is 0.314. The molecule has 0 radical (unpaired) electrons. The molecule has 1 aliphatic rings. The maximum Gasteiger partial charge on any atom is 0.137 e. The van der Waals surface area contributed by atoms with Crippen LogP contribution in [0, 0.1) is 5.82 Å². The predicted molar refractivity (Wildman–Crippen MR) is 69.8 cm³/mol. The van der Waals surface area contributed by atoms with Gasteiger partial charge in [-0.15, -0.1) is 0 Å². The normalized spacial score (nSPS) is 19.7. The molecule has 94 valence electrons. The second kappa shape index (κ2) is 5.36. The largest absolute Gasteiger partial charge is 0.493 e. The standard InChI is InChI=1S/C13H17BrFNO/c1-8(2)16-12-4-3-5-17-13-7-10(14)11(15)6-9(12)13/h6-8,12,16H,3-5H2,1-2H3. The summed E-state index contributed by atoms with van der Waals surface area (Å²) in [5.41, 5.74) is 0.928. The maximum absolute atomic E-state index is 13.6. The molecule has 1 unspecified atom stereocenters. The summed E-state index contributed by atoms with van der Waals surface area (Å²) in [5.74, 6) is 0.554. The third kappa shape index (κ3) is 2.99. The van der Waals surface area contributed by atoms with Gasteiger partial charge in [0.15, 0.2) is 0 Å². The topological polar surface area (TPSA) is 21.3 Å². The minimum Gasteiger partial charge on any atom is -0.493 e. The first-order chi connectivity index (χ1) is 8.08. The van der Waals surface area contributed by atoms with Gasteiger partial charge in [-0.2, -0.15) is 0 Å². The van der Waals surface area contributed by atoms with Gasteiger partial charge in [-0.1, -0.05) is 13.8 Å². The molecule has 1 aromatic rings. The van der Waals surface area contributed by atoms with Gasteiger partial charge in [-0.25, -0.2) is 4.39 Å². The fourth-order valence-corrected chi connectivity index (χ4v) is 2.46. The Kier molecular flexibility index (Phi) is 4.05. The second-order valence-electron chi connectivity index (χ2n) is 4.67. The molecule has 1 N–H and O–H groups in total. The van der Waals surface area contributed by atoms with Crippen molar-refractivity contribution in [2.75, 3.05) is 6.61 Å². The van der Waals surface area contributed by atoms with E-state index in [4.69, 9.17) is 4.74 Å². The third-order valence-corrected chi connectivity index (χ3v) is 3.47. The zero-order valence-corrected chi connectivity index (χ0v) is 11.7. The molecule has 2 nitrogen and oxygen atoms in total. The smallest absolute Gasteiger partial charge is 0.137 e. The lowest BCUT2D eigenvalue weighted by atomic mass is 10.0. The van der Waals surface area contributed by atoms with Crippen molar-refractivity contribution in [1.82, 2.24) is 5.32 Å². The number of hydrogen-bond donors (Lipinski definition) is 1. The average Bonchev–Trinajstić information content (AvgIpc) is 2.42. The summed E-state index contributed by atoms with van der Waals surface area (Å²) in [4.78, 5) is 0. The summed E-state index contributed by atoms with van der Waals surface area (Å²) < 4.78 is 19.7. The van der Waals surface area contributed by atoms with E-state index in [1.807, 2.05) is 0 Å². The molecule has 0 saturated heterocycles. The van der Waals surface area contributed by atoms with Gasteiger partial charge in [0.25, 0.3) is 0 Å². The van der Waals surface area contributed by atoms with E-state index in [0.717, 1.165) is 24.2 Å². The number of ether oxygens (including phenoxy) is 1. The molecule has 1 heterocycles. The van der Waals surface area contributed by atoms with Gasteiger partial charge >= 0.3 is 0 Å². The number of benzene rings is 1. The van der Waals surface area contributed by atoms with Crippen LogP contribution in [-0.2, 0) is 0 Å². The highest BCUT2D eigenvalue weighted by Crippen LogP contribution is 2.35. The number of rotatable bonds is 2. The van der Waals surface area contributed by atoms with Crippen LogP contribution in [0.5, 0.6) is 5.75 Å². The van der Waals surface area contributed by atoms with Crippen LogP contribution in [0.3, 0.4) is 0 Å². The zero-order chi connectivity index (χ0) is 12.4. The van der Waals surface area contributed by atoms with Gasteiger partial charge < -0.3 is 10.1 Å². The molecular weight excluding hydrogens is 285 g/mol. The van der Waals surface area contributed by atoms with E-state index in [9.17, 15) is 4.39 Å². The number of halogens is 2. The highest BCUT2D eigenvalue weighted by Gasteiger charge is 2.22. The predicted octanol–water partition coefficient (Wildman–Crippen LogP) is 3.80. The Hall–Kier alpha value is -0.610. The molecule has 1 aromatic carbocycles. The molecular formula is C13H17BrFNO. The highest BCUT2D eigenvalue weighted by atomic mass is 79.9. The van der Waals surface area contributed by atoms with E-state index < -0.39 is 0 Å². The molecule has 1 atom stereocenters. The van der Waals surface area contributed by atoms with E-state index in [0.29, 0.717) is 17.1 Å². The van der Waals surface area contributed by atoms with Gasteiger partial charge in [0.05, 0.1) is 11.1 Å². The number of hydrogen-bond acceptors (Lipinski definition) is 2. The van der Waals surface area contributed by atoms with Gasteiger partial charge in [0.1, 0.15) is 11.6 Å². The molecule has 0 aromatic heterocycles. The summed E-state index contributed by atoms with van der Waals surface area (Å²) in [7, 11) is 0. The Bertz CT molecular complexity index is 409. The van der Waals surface area contributed by atoms with Crippen molar-refractivity contribution in [3.8, 4) is 5.75 Å². The Balaban J connectivity index is 2.37. The van der Waals surface area contributed by atoms with Crippen molar-refractivity contribution in [2.24, 2.45) is 0 Å². The number of nitrogens with one attached hydrogen (secondary N) is 1. The fraction of sp³-hybridized carbons (Fsp3) is 0.538. The molecule has 0 spiro atoms. The average molecular weight is 302 g/mol. The number of fused-ring (bicyclic) bond motifs is 1. The Labute approximate surface area is 110 Å². The minimum atomic E-state index is -0.232. The van der Waals surface area contributed by atoms with Crippen LogP contribution in [0.1, 0.15) is 38.3 Å². The quantitative estimate of drug-likeness (QED) is 0.897.